The fourth-order valence-corrected chi connectivity index (χ4v) is 3.64. The molecule has 0 bridgehead atoms. The van der Waals surface area contributed by atoms with Gasteiger partial charge in [-0.2, -0.15) is 0 Å². The SMILES string of the molecule is O=C(NCc1ccccc1)NC1CCCCC1NC(=O)N1CCCC1. The van der Waals surface area contributed by atoms with E-state index in [1.807, 2.05) is 35.2 Å². The van der Waals surface area contributed by atoms with Gasteiger partial charge in [0.2, 0.25) is 0 Å². The van der Waals surface area contributed by atoms with Crippen LogP contribution in [0.2, 0.25) is 0 Å². The second kappa shape index (κ2) is 8.74. The van der Waals surface area contributed by atoms with Gasteiger partial charge in [0.1, 0.15) is 0 Å². The fourth-order valence-electron chi connectivity index (χ4n) is 3.64. The molecule has 1 aromatic carbocycles. The zero-order valence-electron chi connectivity index (χ0n) is 14.7. The summed E-state index contributed by atoms with van der Waals surface area (Å²) in [6, 6.07) is 9.71. The quantitative estimate of drug-likeness (QED) is 0.785. The van der Waals surface area contributed by atoms with Crippen LogP contribution in [0, 0.1) is 0 Å². The van der Waals surface area contributed by atoms with Crippen molar-refractivity contribution in [1.29, 1.82) is 0 Å². The molecule has 4 amide bonds. The molecule has 25 heavy (non-hydrogen) atoms. The van der Waals surface area contributed by atoms with Crippen LogP contribution in [0.4, 0.5) is 9.59 Å². The minimum atomic E-state index is -0.170. The van der Waals surface area contributed by atoms with Crippen molar-refractivity contribution in [3.63, 3.8) is 0 Å². The van der Waals surface area contributed by atoms with Gasteiger partial charge in [-0.25, -0.2) is 9.59 Å². The summed E-state index contributed by atoms with van der Waals surface area (Å²) >= 11 is 0. The number of hydrogen-bond donors (Lipinski definition) is 3. The number of nitrogens with one attached hydrogen (secondary N) is 3. The number of carbonyl (C=O) groups excluding carboxylic acids is 2. The van der Waals surface area contributed by atoms with Crippen LogP contribution in [0.25, 0.3) is 0 Å². The first kappa shape index (κ1) is 17.6. The number of carbonyl (C=O) groups is 2. The number of urea groups is 2. The van der Waals surface area contributed by atoms with Crippen LogP contribution in [0.15, 0.2) is 30.3 Å². The molecule has 2 unspecified atom stereocenters. The van der Waals surface area contributed by atoms with Crippen LogP contribution >= 0.6 is 0 Å². The molecule has 3 N–H and O–H groups in total. The molecule has 3 rings (SSSR count). The molecule has 1 heterocycles. The Kier molecular flexibility index (Phi) is 6.14. The van der Waals surface area contributed by atoms with Crippen molar-refractivity contribution >= 4 is 12.1 Å². The van der Waals surface area contributed by atoms with E-state index in [0.29, 0.717) is 6.54 Å². The molecule has 1 saturated carbocycles. The summed E-state index contributed by atoms with van der Waals surface area (Å²) in [5, 5.41) is 9.09. The zero-order valence-corrected chi connectivity index (χ0v) is 14.7. The Labute approximate surface area is 149 Å². The van der Waals surface area contributed by atoms with Crippen molar-refractivity contribution in [2.24, 2.45) is 0 Å². The third-order valence-electron chi connectivity index (χ3n) is 5.08. The summed E-state index contributed by atoms with van der Waals surface area (Å²) in [6.45, 7) is 2.19. The van der Waals surface area contributed by atoms with Gasteiger partial charge >= 0.3 is 12.1 Å². The van der Waals surface area contributed by atoms with E-state index in [0.717, 1.165) is 57.2 Å². The number of hydrogen-bond acceptors (Lipinski definition) is 2. The topological polar surface area (TPSA) is 73.5 Å². The zero-order chi connectivity index (χ0) is 17.5. The number of likely N-dealkylation sites (tertiary alicyclic amines) is 1. The Bertz CT molecular complexity index is 572. The van der Waals surface area contributed by atoms with E-state index >= 15 is 0 Å². The van der Waals surface area contributed by atoms with E-state index in [4.69, 9.17) is 0 Å². The second-order valence-corrected chi connectivity index (χ2v) is 6.95. The maximum absolute atomic E-state index is 12.3. The van der Waals surface area contributed by atoms with Gasteiger partial charge in [0.05, 0.1) is 12.1 Å². The van der Waals surface area contributed by atoms with Gasteiger partial charge in [-0.15, -0.1) is 0 Å². The van der Waals surface area contributed by atoms with Crippen LogP contribution in [-0.2, 0) is 6.54 Å². The van der Waals surface area contributed by atoms with Crippen molar-refractivity contribution in [3.8, 4) is 0 Å². The van der Waals surface area contributed by atoms with Crippen molar-refractivity contribution in [3.05, 3.63) is 35.9 Å². The Morgan fingerprint density at radius 3 is 2.24 bits per heavy atom. The summed E-state index contributed by atoms with van der Waals surface area (Å²) in [7, 11) is 0. The minimum Gasteiger partial charge on any atom is -0.334 e. The Hall–Kier alpha value is -2.24. The van der Waals surface area contributed by atoms with Crippen LogP contribution in [-0.4, -0.2) is 42.1 Å². The highest BCUT2D eigenvalue weighted by atomic mass is 16.2. The molecule has 6 nitrogen and oxygen atoms in total. The van der Waals surface area contributed by atoms with E-state index in [1.165, 1.54) is 0 Å². The molecule has 2 atom stereocenters. The molecule has 1 aliphatic heterocycles. The number of amides is 4. The van der Waals surface area contributed by atoms with Gasteiger partial charge in [-0.1, -0.05) is 43.2 Å². The van der Waals surface area contributed by atoms with Crippen molar-refractivity contribution in [1.82, 2.24) is 20.9 Å². The molecule has 1 saturated heterocycles. The van der Waals surface area contributed by atoms with E-state index in [-0.39, 0.29) is 24.1 Å². The molecule has 2 aliphatic rings. The second-order valence-electron chi connectivity index (χ2n) is 6.95. The normalized spacial score (nSPS) is 23.1. The van der Waals surface area contributed by atoms with Crippen molar-refractivity contribution in [2.45, 2.75) is 57.2 Å². The molecule has 0 aromatic heterocycles. The summed E-state index contributed by atoms with van der Waals surface area (Å²) in [5.41, 5.74) is 1.07. The molecule has 1 aliphatic carbocycles. The van der Waals surface area contributed by atoms with Crippen LogP contribution in [0.5, 0.6) is 0 Å². The minimum absolute atomic E-state index is 0.00363. The first-order valence-corrected chi connectivity index (χ1v) is 9.36. The van der Waals surface area contributed by atoms with Crippen molar-refractivity contribution in [2.75, 3.05) is 13.1 Å². The lowest BCUT2D eigenvalue weighted by molar-refractivity contribution is 0.191. The lowest BCUT2D eigenvalue weighted by Crippen LogP contribution is -2.56. The number of benzene rings is 1. The molecule has 2 fully saturated rings. The fraction of sp³-hybridized carbons (Fsp3) is 0.579. The lowest BCUT2D eigenvalue weighted by atomic mass is 9.90. The average molecular weight is 344 g/mol. The highest BCUT2D eigenvalue weighted by molar-refractivity contribution is 5.76. The number of rotatable bonds is 4. The van der Waals surface area contributed by atoms with E-state index < -0.39 is 0 Å². The predicted molar refractivity (Wildman–Crippen MR) is 97.2 cm³/mol. The summed E-state index contributed by atoms with van der Waals surface area (Å²) < 4.78 is 0. The maximum Gasteiger partial charge on any atom is 0.317 e. The maximum atomic E-state index is 12.3. The lowest BCUT2D eigenvalue weighted by Gasteiger charge is -2.34. The monoisotopic (exact) mass is 344 g/mol. The van der Waals surface area contributed by atoms with Gasteiger partial charge < -0.3 is 20.9 Å². The van der Waals surface area contributed by atoms with Crippen LogP contribution in [0.3, 0.4) is 0 Å². The molecule has 1 aromatic rings. The molecule has 136 valence electrons. The van der Waals surface area contributed by atoms with Gasteiger partial charge in [-0.05, 0) is 31.2 Å². The molecular formula is C19H28N4O2. The Morgan fingerprint density at radius 2 is 1.56 bits per heavy atom. The Morgan fingerprint density at radius 1 is 0.920 bits per heavy atom. The molecular weight excluding hydrogens is 316 g/mol. The largest absolute Gasteiger partial charge is 0.334 e. The Balaban J connectivity index is 1.48. The van der Waals surface area contributed by atoms with E-state index in [1.54, 1.807) is 0 Å². The first-order valence-electron chi connectivity index (χ1n) is 9.36. The van der Waals surface area contributed by atoms with E-state index in [9.17, 15) is 9.59 Å². The highest BCUT2D eigenvalue weighted by Gasteiger charge is 2.29. The van der Waals surface area contributed by atoms with Crippen LogP contribution in [0.1, 0.15) is 44.1 Å². The third-order valence-corrected chi connectivity index (χ3v) is 5.08. The first-order chi connectivity index (χ1) is 12.2. The highest BCUT2D eigenvalue weighted by Crippen LogP contribution is 2.19. The van der Waals surface area contributed by atoms with Gasteiger partial charge in [0.15, 0.2) is 0 Å². The van der Waals surface area contributed by atoms with Gasteiger partial charge in [0.25, 0.3) is 0 Å². The van der Waals surface area contributed by atoms with Crippen molar-refractivity contribution < 1.29 is 9.59 Å². The van der Waals surface area contributed by atoms with Crippen LogP contribution < -0.4 is 16.0 Å². The average Bonchev–Trinajstić information content (AvgIpc) is 3.17. The number of nitrogens with zero attached hydrogens (tertiary/aromatic N) is 1. The summed E-state index contributed by atoms with van der Waals surface area (Å²) in [6.07, 6.45) is 6.17. The predicted octanol–water partition coefficient (Wildman–Crippen LogP) is 2.60. The van der Waals surface area contributed by atoms with Gasteiger partial charge in [-0.3, -0.25) is 0 Å². The third kappa shape index (κ3) is 5.11. The molecule has 0 spiro atoms. The summed E-state index contributed by atoms with van der Waals surface area (Å²) in [4.78, 5) is 26.4. The van der Waals surface area contributed by atoms with Gasteiger partial charge in [0, 0.05) is 19.6 Å². The standard InChI is InChI=1S/C19H28N4O2/c24-18(20-14-15-8-2-1-3-9-15)21-16-10-4-5-11-17(16)22-19(25)23-12-6-7-13-23/h1-3,8-9,16-17H,4-7,10-14H2,(H,22,25)(H2,20,21,24). The summed E-state index contributed by atoms with van der Waals surface area (Å²) in [5.74, 6) is 0. The van der Waals surface area contributed by atoms with E-state index in [2.05, 4.69) is 16.0 Å². The smallest absolute Gasteiger partial charge is 0.317 e. The molecule has 6 heteroatoms. The molecule has 0 radical (unpaired) electrons.